The second kappa shape index (κ2) is 9.07. The van der Waals surface area contributed by atoms with Crippen LogP contribution in [0.1, 0.15) is 78.0 Å². The summed E-state index contributed by atoms with van der Waals surface area (Å²) in [6.45, 7) is 2.63. The molecule has 40 heavy (non-hydrogen) atoms. The molecule has 0 radical (unpaired) electrons. The van der Waals surface area contributed by atoms with E-state index in [1.165, 1.54) is 33.1 Å². The number of carboxylic acids is 1. The second-order valence-electron chi connectivity index (χ2n) is 9.64. The molecule has 0 saturated heterocycles. The third-order valence-corrected chi connectivity index (χ3v) is 7.26. The Morgan fingerprint density at radius 1 is 0.850 bits per heavy atom. The van der Waals surface area contributed by atoms with Crippen molar-refractivity contribution >= 4 is 23.4 Å². The van der Waals surface area contributed by atoms with E-state index >= 15 is 0 Å². The number of phenolic OH excluding ortho intramolecular Hbond substituents is 3. The Morgan fingerprint density at radius 3 is 2.00 bits per heavy atom. The van der Waals surface area contributed by atoms with Crippen molar-refractivity contribution in [3.8, 4) is 34.1 Å². The van der Waals surface area contributed by atoms with Crippen LogP contribution in [0.25, 0.3) is 11.1 Å². The number of methoxy groups -OCH3 is 1. The predicted molar refractivity (Wildman–Crippen MR) is 136 cm³/mol. The number of nitrogens with one attached hydrogen (secondary N) is 1. The van der Waals surface area contributed by atoms with Gasteiger partial charge in [-0.05, 0) is 42.7 Å². The quantitative estimate of drug-likeness (QED) is 0.195. The first-order valence-corrected chi connectivity index (χ1v) is 12.0. The minimum absolute atomic E-state index is 0.0709. The van der Waals surface area contributed by atoms with Crippen LogP contribution in [-0.2, 0) is 4.79 Å². The van der Waals surface area contributed by atoms with Gasteiger partial charge in [0.15, 0.2) is 11.6 Å². The van der Waals surface area contributed by atoms with Crippen LogP contribution in [-0.4, -0.2) is 67.2 Å². The predicted octanol–water partition coefficient (Wildman–Crippen LogP) is 1.85. The second-order valence-corrected chi connectivity index (χ2v) is 9.64. The average molecular weight is 549 g/mol. The van der Waals surface area contributed by atoms with E-state index in [2.05, 4.69) is 5.32 Å². The lowest BCUT2D eigenvalue weighted by Crippen LogP contribution is -2.38. The maximum atomic E-state index is 13.6. The maximum Gasteiger partial charge on any atom is 0.325 e. The molecule has 206 valence electrons. The van der Waals surface area contributed by atoms with Crippen molar-refractivity contribution in [1.29, 1.82) is 0 Å². The van der Waals surface area contributed by atoms with Crippen molar-refractivity contribution in [1.82, 2.24) is 5.32 Å². The Morgan fingerprint density at radius 2 is 1.40 bits per heavy atom. The van der Waals surface area contributed by atoms with Crippen LogP contribution in [0.4, 0.5) is 0 Å². The number of ether oxygens (including phenoxy) is 1. The van der Waals surface area contributed by atoms with Gasteiger partial charge in [0.2, 0.25) is 0 Å². The van der Waals surface area contributed by atoms with E-state index in [0.29, 0.717) is 0 Å². The van der Waals surface area contributed by atoms with E-state index in [4.69, 9.17) is 9.84 Å². The van der Waals surface area contributed by atoms with Crippen LogP contribution < -0.4 is 10.1 Å². The molecule has 0 fully saturated rings. The maximum absolute atomic E-state index is 13.6. The van der Waals surface area contributed by atoms with Crippen LogP contribution in [0, 0.1) is 6.92 Å². The van der Waals surface area contributed by atoms with Crippen LogP contribution in [0.5, 0.6) is 23.0 Å². The number of aliphatic hydroxyl groups excluding tert-OH is 2. The average Bonchev–Trinajstić information content (AvgIpc) is 2.89. The number of carboxylic acid groups (broad SMARTS) is 1. The van der Waals surface area contributed by atoms with Crippen LogP contribution >= 0.6 is 0 Å². The molecule has 0 bridgehead atoms. The van der Waals surface area contributed by atoms with Crippen molar-refractivity contribution in [2.75, 3.05) is 7.11 Å². The normalized spacial score (nSPS) is 17.7. The third-order valence-electron chi connectivity index (χ3n) is 7.26. The summed E-state index contributed by atoms with van der Waals surface area (Å²) in [5.74, 6) is -6.02. The molecule has 3 aromatic rings. The fourth-order valence-electron chi connectivity index (χ4n) is 5.28. The van der Waals surface area contributed by atoms with Crippen LogP contribution in [0.3, 0.4) is 0 Å². The molecule has 0 spiro atoms. The van der Waals surface area contributed by atoms with E-state index in [1.807, 2.05) is 0 Å². The zero-order valence-electron chi connectivity index (χ0n) is 21.3. The van der Waals surface area contributed by atoms with Gasteiger partial charge in [-0.15, -0.1) is 0 Å². The molecule has 12 heteroatoms. The highest BCUT2D eigenvalue weighted by Crippen LogP contribution is 2.55. The Kier molecular flexibility index (Phi) is 6.05. The van der Waals surface area contributed by atoms with Gasteiger partial charge in [0.1, 0.15) is 41.2 Å². The molecule has 0 saturated carbocycles. The van der Waals surface area contributed by atoms with E-state index in [9.17, 15) is 44.7 Å². The molecule has 3 unspecified atom stereocenters. The summed E-state index contributed by atoms with van der Waals surface area (Å²) in [4.78, 5) is 51.2. The lowest BCUT2D eigenvalue weighted by atomic mass is 9.74. The van der Waals surface area contributed by atoms with E-state index in [1.54, 1.807) is 0 Å². The Hall–Kier alpha value is -4.94. The van der Waals surface area contributed by atoms with Gasteiger partial charge in [-0.3, -0.25) is 19.2 Å². The van der Waals surface area contributed by atoms with Gasteiger partial charge in [0, 0.05) is 28.3 Å². The summed E-state index contributed by atoms with van der Waals surface area (Å²) in [7, 11) is 1.29. The van der Waals surface area contributed by atoms with Gasteiger partial charge in [-0.2, -0.15) is 0 Å². The lowest BCUT2D eigenvalue weighted by Gasteiger charge is -2.33. The number of fused-ring (bicyclic) bond motifs is 5. The van der Waals surface area contributed by atoms with Crippen molar-refractivity contribution < 1.29 is 54.6 Å². The Labute approximate surface area is 225 Å². The SMILES string of the molecule is COc1cc(O)c2c(c1)C(=O)c1c(cc3c(c1O)-c1c(cc(C)c(C(=O)NC(C)C(=O)O)c1O)C(O)C3O)C2=O. The number of aromatic hydroxyl groups is 3. The molecule has 3 atom stereocenters. The molecule has 2 aliphatic rings. The van der Waals surface area contributed by atoms with Crippen molar-refractivity contribution in [2.45, 2.75) is 32.1 Å². The zero-order valence-corrected chi connectivity index (χ0v) is 21.3. The summed E-state index contributed by atoms with van der Waals surface area (Å²) >= 11 is 0. The minimum atomic E-state index is -1.72. The lowest BCUT2D eigenvalue weighted by molar-refractivity contribution is -0.138. The van der Waals surface area contributed by atoms with Gasteiger partial charge in [-0.1, -0.05) is 6.07 Å². The topological polar surface area (TPSA) is 211 Å². The molecule has 0 aromatic heterocycles. The zero-order chi connectivity index (χ0) is 29.4. The molecule has 0 aliphatic heterocycles. The fraction of sp³-hybridized carbons (Fsp3) is 0.214. The molecular formula is C28H23NO11. The monoisotopic (exact) mass is 549 g/mol. The number of phenols is 3. The van der Waals surface area contributed by atoms with Crippen LogP contribution in [0.2, 0.25) is 0 Å². The number of carbonyl (C=O) groups is 4. The Balaban J connectivity index is 1.79. The summed E-state index contributed by atoms with van der Waals surface area (Å²) in [6, 6.07) is 3.41. The smallest absolute Gasteiger partial charge is 0.325 e. The standard InChI is InChI=1S/C28H23NO11/c1-8-4-11-18(25(35)16(8)27(37)29-9(2)28(38)39)19-13(24(34)23(11)33)7-14-20(26(19)36)22(32)12-5-10(40-3)6-15(30)17(12)21(14)31/h4-7,9,23-24,30,33-36H,1-3H3,(H,29,37)(H,38,39). The van der Waals surface area contributed by atoms with Gasteiger partial charge < -0.3 is 40.7 Å². The van der Waals surface area contributed by atoms with E-state index in [-0.39, 0.29) is 55.8 Å². The number of rotatable bonds is 4. The first kappa shape index (κ1) is 26.7. The highest BCUT2D eigenvalue weighted by molar-refractivity contribution is 6.31. The number of carbonyl (C=O) groups excluding carboxylic acids is 3. The highest BCUT2D eigenvalue weighted by atomic mass is 16.5. The Bertz CT molecular complexity index is 1690. The summed E-state index contributed by atoms with van der Waals surface area (Å²) in [5.41, 5.74) is -2.56. The summed E-state index contributed by atoms with van der Waals surface area (Å²) in [6.07, 6.45) is -3.41. The van der Waals surface area contributed by atoms with Gasteiger partial charge in [0.05, 0.1) is 23.8 Å². The number of aliphatic hydroxyl groups is 2. The first-order valence-electron chi connectivity index (χ1n) is 12.0. The van der Waals surface area contributed by atoms with E-state index < -0.39 is 64.5 Å². The molecule has 3 aromatic carbocycles. The number of amides is 1. The number of benzene rings is 3. The van der Waals surface area contributed by atoms with Crippen LogP contribution in [0.15, 0.2) is 24.3 Å². The largest absolute Gasteiger partial charge is 0.507 e. The molecule has 0 heterocycles. The summed E-state index contributed by atoms with van der Waals surface area (Å²) in [5, 5.41) is 66.4. The van der Waals surface area contributed by atoms with Gasteiger partial charge in [0.25, 0.3) is 5.91 Å². The number of ketones is 2. The van der Waals surface area contributed by atoms with Crippen molar-refractivity contribution in [3.05, 3.63) is 68.8 Å². The number of aliphatic carboxylic acids is 1. The van der Waals surface area contributed by atoms with Gasteiger partial charge >= 0.3 is 5.97 Å². The molecule has 12 nitrogen and oxygen atoms in total. The minimum Gasteiger partial charge on any atom is -0.507 e. The third kappa shape index (κ3) is 3.61. The van der Waals surface area contributed by atoms with Crippen molar-refractivity contribution in [3.63, 3.8) is 0 Å². The number of hydrogen-bond acceptors (Lipinski definition) is 10. The molecular weight excluding hydrogens is 526 g/mol. The molecule has 1 amide bonds. The summed E-state index contributed by atoms with van der Waals surface area (Å²) < 4.78 is 5.08. The number of hydrogen-bond donors (Lipinski definition) is 7. The van der Waals surface area contributed by atoms with E-state index in [0.717, 1.165) is 12.1 Å². The molecule has 7 N–H and O–H groups in total. The fourth-order valence-corrected chi connectivity index (χ4v) is 5.28. The number of aryl methyl sites for hydroxylation is 1. The molecule has 5 rings (SSSR count). The highest BCUT2D eigenvalue weighted by Gasteiger charge is 2.43. The van der Waals surface area contributed by atoms with Crippen molar-refractivity contribution in [2.24, 2.45) is 0 Å². The molecule has 2 aliphatic carbocycles. The first-order chi connectivity index (χ1) is 18.8. The van der Waals surface area contributed by atoms with Gasteiger partial charge in [-0.25, -0.2) is 0 Å².